The van der Waals surface area contributed by atoms with Crippen LogP contribution in [0.15, 0.2) is 22.7 Å². The lowest BCUT2D eigenvalue weighted by molar-refractivity contribution is 0.103. The quantitative estimate of drug-likeness (QED) is 0.782. The summed E-state index contributed by atoms with van der Waals surface area (Å²) in [5, 5.41) is 2.89. The number of carbonyl (C=O) groups excluding carboxylic acids is 1. The zero-order valence-electron chi connectivity index (χ0n) is 11.9. The molecular formula is C16H17BrN2OS. The number of hydrogen-bond acceptors (Lipinski definition) is 3. The molecule has 3 nitrogen and oxygen atoms in total. The Bertz CT molecular complexity index is 657. The number of hydrogen-bond donors (Lipinski definition) is 1. The summed E-state index contributed by atoms with van der Waals surface area (Å²) in [6.45, 7) is 1.91. The molecule has 1 aliphatic rings. The highest BCUT2D eigenvalue weighted by Gasteiger charge is 2.17. The minimum Gasteiger partial charge on any atom is -0.306 e. The van der Waals surface area contributed by atoms with Gasteiger partial charge in [0, 0.05) is 9.35 Å². The van der Waals surface area contributed by atoms with E-state index in [1.54, 1.807) is 11.3 Å². The molecule has 5 heteroatoms. The van der Waals surface area contributed by atoms with Gasteiger partial charge >= 0.3 is 0 Å². The summed E-state index contributed by atoms with van der Waals surface area (Å²) in [5.41, 5.74) is 2.23. The van der Waals surface area contributed by atoms with E-state index in [0.29, 0.717) is 5.82 Å². The average Bonchev–Trinajstić information content (AvgIpc) is 2.74. The van der Waals surface area contributed by atoms with Gasteiger partial charge in [-0.15, -0.1) is 11.3 Å². The molecule has 2 aromatic rings. The second kappa shape index (κ2) is 6.28. The summed E-state index contributed by atoms with van der Waals surface area (Å²) in [4.78, 5) is 18.9. The van der Waals surface area contributed by atoms with Crippen LogP contribution in [0.1, 0.15) is 45.1 Å². The fraction of sp³-hybridized carbons (Fsp3) is 0.375. The van der Waals surface area contributed by atoms with Gasteiger partial charge in [-0.25, -0.2) is 4.98 Å². The van der Waals surface area contributed by atoms with Gasteiger partial charge in [-0.1, -0.05) is 6.42 Å². The molecule has 21 heavy (non-hydrogen) atoms. The van der Waals surface area contributed by atoms with Crippen molar-refractivity contribution in [1.29, 1.82) is 0 Å². The minimum atomic E-state index is -0.0534. The van der Waals surface area contributed by atoms with E-state index < -0.39 is 0 Å². The molecule has 1 aliphatic carbocycles. The molecule has 0 atom stereocenters. The molecule has 3 rings (SSSR count). The minimum absolute atomic E-state index is 0.0534. The number of anilines is 1. The van der Waals surface area contributed by atoms with Crippen LogP contribution < -0.4 is 5.32 Å². The number of aryl methyl sites for hydroxylation is 3. The maximum absolute atomic E-state index is 12.4. The SMILES string of the molecule is Cc1nc(NC(=O)c2cc3c(s2)CCCCC3)ccc1Br. The number of rotatable bonds is 2. The third kappa shape index (κ3) is 3.35. The Kier molecular flexibility index (Phi) is 4.40. The Labute approximate surface area is 136 Å². The number of thiophene rings is 1. The van der Waals surface area contributed by atoms with Gasteiger partial charge < -0.3 is 5.32 Å². The maximum Gasteiger partial charge on any atom is 0.266 e. The van der Waals surface area contributed by atoms with Crippen molar-refractivity contribution >= 4 is 39.0 Å². The van der Waals surface area contributed by atoms with Crippen LogP contribution in [0.2, 0.25) is 0 Å². The van der Waals surface area contributed by atoms with Gasteiger partial charge in [0.1, 0.15) is 5.82 Å². The molecule has 0 fully saturated rings. The van der Waals surface area contributed by atoms with E-state index in [1.807, 2.05) is 19.1 Å². The zero-order valence-corrected chi connectivity index (χ0v) is 14.3. The lowest BCUT2D eigenvalue weighted by Crippen LogP contribution is -2.11. The van der Waals surface area contributed by atoms with Crippen LogP contribution in [0.3, 0.4) is 0 Å². The molecule has 0 bridgehead atoms. The summed E-state index contributed by atoms with van der Waals surface area (Å²) in [5.74, 6) is 0.548. The second-order valence-electron chi connectivity index (χ2n) is 5.34. The van der Waals surface area contributed by atoms with Crippen LogP contribution in [-0.2, 0) is 12.8 Å². The summed E-state index contributed by atoms with van der Waals surface area (Å²) in [6.07, 6.45) is 5.99. The average molecular weight is 365 g/mol. The number of aromatic nitrogens is 1. The van der Waals surface area contributed by atoms with Crippen molar-refractivity contribution < 1.29 is 4.79 Å². The Morgan fingerprint density at radius 3 is 2.90 bits per heavy atom. The van der Waals surface area contributed by atoms with Crippen molar-refractivity contribution in [2.75, 3.05) is 5.32 Å². The van der Waals surface area contributed by atoms with Crippen molar-refractivity contribution in [3.05, 3.63) is 43.7 Å². The van der Waals surface area contributed by atoms with Gasteiger partial charge in [0.2, 0.25) is 0 Å². The molecule has 2 heterocycles. The number of fused-ring (bicyclic) bond motifs is 1. The first kappa shape index (κ1) is 14.7. The highest BCUT2D eigenvalue weighted by atomic mass is 79.9. The number of pyridine rings is 1. The molecular weight excluding hydrogens is 348 g/mol. The number of amides is 1. The summed E-state index contributed by atoms with van der Waals surface area (Å²) in [6, 6.07) is 5.78. The first-order valence-corrected chi connectivity index (χ1v) is 8.80. The number of nitrogens with one attached hydrogen (secondary N) is 1. The standard InChI is InChI=1S/C16H17BrN2OS/c1-10-12(17)7-8-15(18-10)19-16(20)14-9-11-5-3-2-4-6-13(11)21-14/h7-9H,2-6H2,1H3,(H,18,19,20). The van der Waals surface area contributed by atoms with Crippen molar-refractivity contribution in [2.45, 2.75) is 39.0 Å². The molecule has 2 aromatic heterocycles. The molecule has 0 saturated carbocycles. The highest BCUT2D eigenvalue weighted by molar-refractivity contribution is 9.10. The third-order valence-electron chi connectivity index (χ3n) is 3.73. The third-order valence-corrected chi connectivity index (χ3v) is 5.81. The van der Waals surface area contributed by atoms with Crippen molar-refractivity contribution in [1.82, 2.24) is 4.98 Å². The summed E-state index contributed by atoms with van der Waals surface area (Å²) < 4.78 is 0.948. The summed E-state index contributed by atoms with van der Waals surface area (Å²) >= 11 is 5.05. The van der Waals surface area contributed by atoms with Gasteiger partial charge in [-0.2, -0.15) is 0 Å². The Balaban J connectivity index is 1.77. The van der Waals surface area contributed by atoms with Crippen LogP contribution in [0.25, 0.3) is 0 Å². The fourth-order valence-electron chi connectivity index (χ4n) is 2.57. The second-order valence-corrected chi connectivity index (χ2v) is 7.33. The number of halogens is 1. The fourth-order valence-corrected chi connectivity index (χ4v) is 3.94. The summed E-state index contributed by atoms with van der Waals surface area (Å²) in [7, 11) is 0. The molecule has 0 aliphatic heterocycles. The first-order valence-electron chi connectivity index (χ1n) is 7.19. The first-order chi connectivity index (χ1) is 10.1. The predicted octanol–water partition coefficient (Wildman–Crippen LogP) is 4.74. The monoisotopic (exact) mass is 364 g/mol. The molecule has 0 aromatic carbocycles. The molecule has 0 spiro atoms. The van der Waals surface area contributed by atoms with E-state index in [4.69, 9.17) is 0 Å². The van der Waals surface area contributed by atoms with E-state index in [9.17, 15) is 4.79 Å². The van der Waals surface area contributed by atoms with Crippen LogP contribution >= 0.6 is 27.3 Å². The van der Waals surface area contributed by atoms with Gasteiger partial charge in [0.05, 0.1) is 10.6 Å². The largest absolute Gasteiger partial charge is 0.306 e. The predicted molar refractivity (Wildman–Crippen MR) is 90.2 cm³/mol. The van der Waals surface area contributed by atoms with Crippen LogP contribution in [0.4, 0.5) is 5.82 Å². The van der Waals surface area contributed by atoms with Crippen LogP contribution in [0, 0.1) is 6.92 Å². The van der Waals surface area contributed by atoms with Gasteiger partial charge in [-0.3, -0.25) is 4.79 Å². The molecule has 1 N–H and O–H groups in total. The van der Waals surface area contributed by atoms with Crippen LogP contribution in [0.5, 0.6) is 0 Å². The van der Waals surface area contributed by atoms with E-state index in [0.717, 1.165) is 27.9 Å². The molecule has 0 unspecified atom stereocenters. The highest BCUT2D eigenvalue weighted by Crippen LogP contribution is 2.29. The van der Waals surface area contributed by atoms with E-state index >= 15 is 0 Å². The van der Waals surface area contributed by atoms with Crippen molar-refractivity contribution in [3.8, 4) is 0 Å². The molecule has 1 amide bonds. The Hall–Kier alpha value is -1.20. The van der Waals surface area contributed by atoms with Crippen molar-refractivity contribution in [2.24, 2.45) is 0 Å². The zero-order chi connectivity index (χ0) is 14.8. The number of nitrogens with zero attached hydrogens (tertiary/aromatic N) is 1. The van der Waals surface area contributed by atoms with E-state index in [-0.39, 0.29) is 5.91 Å². The van der Waals surface area contributed by atoms with Crippen molar-refractivity contribution in [3.63, 3.8) is 0 Å². The molecule has 0 saturated heterocycles. The van der Waals surface area contributed by atoms with E-state index in [1.165, 1.54) is 29.7 Å². The van der Waals surface area contributed by atoms with Gasteiger partial charge in [0.25, 0.3) is 5.91 Å². The van der Waals surface area contributed by atoms with Crippen LogP contribution in [-0.4, -0.2) is 10.9 Å². The van der Waals surface area contributed by atoms with E-state index in [2.05, 4.69) is 32.3 Å². The smallest absolute Gasteiger partial charge is 0.266 e. The Morgan fingerprint density at radius 2 is 2.10 bits per heavy atom. The normalized spacial score (nSPS) is 14.4. The lowest BCUT2D eigenvalue weighted by Gasteiger charge is -2.04. The lowest BCUT2D eigenvalue weighted by atomic mass is 10.1. The number of carbonyl (C=O) groups is 1. The topological polar surface area (TPSA) is 42.0 Å². The molecule has 0 radical (unpaired) electrons. The van der Waals surface area contributed by atoms with Gasteiger partial charge in [-0.05, 0) is 72.3 Å². The maximum atomic E-state index is 12.4. The molecule has 110 valence electrons. The van der Waals surface area contributed by atoms with Gasteiger partial charge in [0.15, 0.2) is 0 Å². The Morgan fingerprint density at radius 1 is 1.29 bits per heavy atom.